The number of rotatable bonds is 14. The number of pyridine rings is 1. The number of hydrogen-bond acceptors (Lipinski definition) is 5. The van der Waals surface area contributed by atoms with Crippen LogP contribution in [0.4, 0.5) is 0 Å². The van der Waals surface area contributed by atoms with Crippen molar-refractivity contribution in [1.29, 1.82) is 0 Å². The van der Waals surface area contributed by atoms with E-state index >= 15 is 0 Å². The molecule has 7 nitrogen and oxygen atoms in total. The molecule has 0 aliphatic carbocycles. The summed E-state index contributed by atoms with van der Waals surface area (Å²) in [7, 11) is 0. The Kier molecular flexibility index (Phi) is 10.9. The lowest BCUT2D eigenvalue weighted by Crippen LogP contribution is -2.48. The van der Waals surface area contributed by atoms with Crippen LogP contribution in [0.2, 0.25) is 0 Å². The van der Waals surface area contributed by atoms with Crippen LogP contribution in [-0.2, 0) is 9.59 Å². The zero-order valence-electron chi connectivity index (χ0n) is 20.7. The van der Waals surface area contributed by atoms with Gasteiger partial charge in [-0.3, -0.25) is 19.4 Å². The molecule has 3 rings (SSSR count). The van der Waals surface area contributed by atoms with E-state index in [1.807, 2.05) is 13.0 Å². The van der Waals surface area contributed by atoms with E-state index in [1.54, 1.807) is 18.3 Å². The average molecular weight is 479 g/mol. The number of carbonyl (C=O) groups is 3. The zero-order chi connectivity index (χ0) is 24.9. The Hall–Kier alpha value is -3.06. The summed E-state index contributed by atoms with van der Waals surface area (Å²) in [5, 5.41) is 5.90. The molecule has 0 spiro atoms. The largest absolute Gasteiger partial charge is 0.353 e. The molecule has 1 aromatic heterocycles. The minimum Gasteiger partial charge on any atom is -0.353 e. The van der Waals surface area contributed by atoms with Crippen LogP contribution >= 0.6 is 0 Å². The number of benzene rings is 1. The second-order valence-electron chi connectivity index (χ2n) is 9.25. The van der Waals surface area contributed by atoms with Crippen LogP contribution in [0.15, 0.2) is 54.9 Å². The van der Waals surface area contributed by atoms with Gasteiger partial charge in [-0.2, -0.15) is 0 Å². The second kappa shape index (κ2) is 14.4. The fourth-order valence-electron chi connectivity index (χ4n) is 4.53. The van der Waals surface area contributed by atoms with Crippen molar-refractivity contribution in [2.45, 2.75) is 63.8 Å². The Bertz CT molecular complexity index is 936. The fraction of sp³-hybridized carbons (Fsp3) is 0.500. The first-order chi connectivity index (χ1) is 17.1. The molecule has 7 heteroatoms. The van der Waals surface area contributed by atoms with E-state index in [2.05, 4.69) is 44.8 Å². The molecule has 188 valence electrons. The van der Waals surface area contributed by atoms with Gasteiger partial charge in [0.25, 0.3) is 5.91 Å². The number of likely N-dealkylation sites (tertiary alicyclic amines) is 1. The summed E-state index contributed by atoms with van der Waals surface area (Å²) in [5.74, 6) is 0.342. The first-order valence-corrected chi connectivity index (χ1v) is 12.8. The van der Waals surface area contributed by atoms with Crippen LogP contribution in [0.1, 0.15) is 73.7 Å². The Balaban J connectivity index is 1.46. The van der Waals surface area contributed by atoms with Crippen molar-refractivity contribution in [2.24, 2.45) is 0 Å². The Morgan fingerprint density at radius 2 is 1.91 bits per heavy atom. The van der Waals surface area contributed by atoms with Crippen LogP contribution in [0.25, 0.3) is 0 Å². The van der Waals surface area contributed by atoms with Crippen LogP contribution in [0, 0.1) is 0 Å². The third-order valence-corrected chi connectivity index (χ3v) is 6.66. The van der Waals surface area contributed by atoms with Crippen molar-refractivity contribution in [3.63, 3.8) is 0 Å². The molecule has 1 saturated heterocycles. The van der Waals surface area contributed by atoms with Gasteiger partial charge in [0, 0.05) is 44.9 Å². The third-order valence-electron chi connectivity index (χ3n) is 6.66. The molecule has 0 radical (unpaired) electrons. The van der Waals surface area contributed by atoms with Crippen LogP contribution in [0.5, 0.6) is 0 Å². The normalized spacial score (nSPS) is 16.5. The number of ketones is 1. The fourth-order valence-corrected chi connectivity index (χ4v) is 4.53. The minimum atomic E-state index is -0.611. The predicted octanol–water partition coefficient (Wildman–Crippen LogP) is 3.72. The average Bonchev–Trinajstić information content (AvgIpc) is 3.37. The van der Waals surface area contributed by atoms with Crippen LogP contribution in [0.3, 0.4) is 0 Å². The SMILES string of the molecule is CCC(=O)CCCCC[C@H](NC(=O)c1cccnc1)C(=O)NCCN1CCC(c2ccccc2)C1. The molecule has 1 aromatic carbocycles. The molecule has 2 aromatic rings. The standard InChI is InChI=1S/C28H38N4O3/c1-2-25(33)13-7-4-8-14-26(31-27(34)23-12-9-16-29-20-23)28(35)30-17-19-32-18-15-24(21-32)22-10-5-3-6-11-22/h3,5-6,9-12,16,20,24,26H,2,4,7-8,13-15,17-19,21H2,1H3,(H,30,35)(H,31,34)/t24?,26-/m0/s1. The van der Waals surface area contributed by atoms with Gasteiger partial charge >= 0.3 is 0 Å². The van der Waals surface area contributed by atoms with Gasteiger partial charge in [-0.05, 0) is 49.4 Å². The summed E-state index contributed by atoms with van der Waals surface area (Å²) < 4.78 is 0. The van der Waals surface area contributed by atoms with Gasteiger partial charge in [-0.15, -0.1) is 0 Å². The quantitative estimate of drug-likeness (QED) is 0.404. The molecule has 1 aliphatic rings. The zero-order valence-corrected chi connectivity index (χ0v) is 20.7. The lowest BCUT2D eigenvalue weighted by atomic mass is 9.99. The van der Waals surface area contributed by atoms with Crippen molar-refractivity contribution >= 4 is 17.6 Å². The summed E-state index contributed by atoms with van der Waals surface area (Å²) in [4.78, 5) is 43.5. The lowest BCUT2D eigenvalue weighted by molar-refractivity contribution is -0.123. The monoisotopic (exact) mass is 478 g/mol. The number of hydrogen-bond donors (Lipinski definition) is 2. The number of carbonyl (C=O) groups excluding carboxylic acids is 3. The lowest BCUT2D eigenvalue weighted by Gasteiger charge is -2.20. The highest BCUT2D eigenvalue weighted by Crippen LogP contribution is 2.26. The van der Waals surface area contributed by atoms with Gasteiger partial charge in [-0.25, -0.2) is 0 Å². The molecule has 35 heavy (non-hydrogen) atoms. The highest BCUT2D eigenvalue weighted by atomic mass is 16.2. The predicted molar refractivity (Wildman–Crippen MR) is 137 cm³/mol. The van der Waals surface area contributed by atoms with E-state index in [-0.39, 0.29) is 17.6 Å². The van der Waals surface area contributed by atoms with Crippen molar-refractivity contribution in [3.05, 3.63) is 66.0 Å². The van der Waals surface area contributed by atoms with Crippen molar-refractivity contribution < 1.29 is 14.4 Å². The van der Waals surface area contributed by atoms with Gasteiger partial charge in [0.1, 0.15) is 11.8 Å². The summed E-state index contributed by atoms with van der Waals surface area (Å²) in [6.07, 6.45) is 8.36. The summed E-state index contributed by atoms with van der Waals surface area (Å²) in [6.45, 7) is 5.23. The van der Waals surface area contributed by atoms with Crippen molar-refractivity contribution in [2.75, 3.05) is 26.2 Å². The first-order valence-electron chi connectivity index (χ1n) is 12.8. The molecule has 2 amide bonds. The molecule has 2 atom stereocenters. The molecule has 2 heterocycles. The topological polar surface area (TPSA) is 91.4 Å². The van der Waals surface area contributed by atoms with Crippen molar-refractivity contribution in [1.82, 2.24) is 20.5 Å². The Morgan fingerprint density at radius 3 is 2.66 bits per heavy atom. The van der Waals surface area contributed by atoms with Gasteiger partial charge < -0.3 is 15.5 Å². The van der Waals surface area contributed by atoms with Gasteiger partial charge in [0.15, 0.2) is 0 Å². The second-order valence-corrected chi connectivity index (χ2v) is 9.25. The maximum absolute atomic E-state index is 13.0. The van der Waals surface area contributed by atoms with E-state index in [4.69, 9.17) is 0 Å². The number of Topliss-reactive ketones (excluding diaryl/α,β-unsaturated/α-hetero) is 1. The summed E-state index contributed by atoms with van der Waals surface area (Å²) >= 11 is 0. The smallest absolute Gasteiger partial charge is 0.253 e. The summed E-state index contributed by atoms with van der Waals surface area (Å²) in [6, 6.07) is 13.4. The van der Waals surface area contributed by atoms with Gasteiger partial charge in [0.05, 0.1) is 5.56 Å². The first kappa shape index (κ1) is 26.5. The number of unbranched alkanes of at least 4 members (excludes halogenated alkanes) is 2. The molecular weight excluding hydrogens is 440 g/mol. The van der Waals surface area contributed by atoms with E-state index < -0.39 is 6.04 Å². The van der Waals surface area contributed by atoms with E-state index in [0.717, 1.165) is 45.3 Å². The summed E-state index contributed by atoms with van der Waals surface area (Å²) in [5.41, 5.74) is 1.81. The van der Waals surface area contributed by atoms with E-state index in [0.29, 0.717) is 37.3 Å². The molecule has 1 unspecified atom stereocenters. The highest BCUT2D eigenvalue weighted by molar-refractivity contribution is 5.97. The van der Waals surface area contributed by atoms with Crippen LogP contribution < -0.4 is 10.6 Å². The molecule has 1 aliphatic heterocycles. The number of nitrogens with zero attached hydrogens (tertiary/aromatic N) is 2. The third kappa shape index (κ3) is 8.91. The number of amides is 2. The van der Waals surface area contributed by atoms with E-state index in [1.165, 1.54) is 11.8 Å². The van der Waals surface area contributed by atoms with Gasteiger partial charge in [0.2, 0.25) is 5.91 Å². The number of nitrogens with one attached hydrogen (secondary N) is 2. The minimum absolute atomic E-state index is 0.161. The molecule has 0 bridgehead atoms. The van der Waals surface area contributed by atoms with Gasteiger partial charge in [-0.1, -0.05) is 50.1 Å². The highest BCUT2D eigenvalue weighted by Gasteiger charge is 2.24. The molecule has 0 saturated carbocycles. The van der Waals surface area contributed by atoms with E-state index in [9.17, 15) is 14.4 Å². The Labute approximate surface area is 208 Å². The van der Waals surface area contributed by atoms with Crippen molar-refractivity contribution in [3.8, 4) is 0 Å². The molecule has 1 fully saturated rings. The Morgan fingerprint density at radius 1 is 1.09 bits per heavy atom. The van der Waals surface area contributed by atoms with Crippen LogP contribution in [-0.4, -0.2) is 59.7 Å². The maximum Gasteiger partial charge on any atom is 0.253 e. The maximum atomic E-state index is 13.0. The molecular formula is C28H38N4O3. The molecule has 2 N–H and O–H groups in total. The number of aromatic nitrogens is 1.